The van der Waals surface area contributed by atoms with Crippen molar-refractivity contribution in [3.8, 4) is 0 Å². The first-order chi connectivity index (χ1) is 4.27. The molecule has 1 unspecified atom stereocenters. The number of rotatable bonds is 1. The molecule has 1 nitrogen and oxygen atoms in total. The minimum absolute atomic E-state index is 0.482. The van der Waals surface area contributed by atoms with Crippen LogP contribution in [-0.4, -0.2) is 12.5 Å². The van der Waals surface area contributed by atoms with Gasteiger partial charge >= 0.3 is 88.2 Å². The minimum atomic E-state index is 0.482. The zero-order valence-corrected chi connectivity index (χ0v) is 11.7. The van der Waals surface area contributed by atoms with Crippen molar-refractivity contribution in [2.24, 2.45) is 0 Å². The first-order valence-electron chi connectivity index (χ1n) is 2.85. The molecule has 0 aromatic carbocycles. The number of halogens is 3. The van der Waals surface area contributed by atoms with E-state index in [-0.39, 0.29) is 0 Å². The van der Waals surface area contributed by atoms with Crippen LogP contribution < -0.4 is 43.8 Å². The molecule has 1 fully saturated rings. The summed E-state index contributed by atoms with van der Waals surface area (Å²) in [5.74, 6) is 0. The van der Waals surface area contributed by atoms with Gasteiger partial charge in [-0.3, -0.25) is 0 Å². The van der Waals surface area contributed by atoms with Crippen LogP contribution in [0.15, 0.2) is 0 Å². The molecule has 0 aromatic heterocycles. The predicted molar refractivity (Wildman–Crippen MR) is 39.9 cm³/mol. The average molecular weight is 465 g/mol. The van der Waals surface area contributed by atoms with Crippen molar-refractivity contribution in [1.82, 2.24) is 5.32 Å². The van der Waals surface area contributed by atoms with Gasteiger partial charge in [0.1, 0.15) is 0 Å². The molecule has 1 rings (SSSR count). The van der Waals surface area contributed by atoms with E-state index in [0.717, 1.165) is 1.43 Å². The van der Waals surface area contributed by atoms with Crippen molar-refractivity contribution in [1.29, 1.82) is 0 Å². The molecule has 0 aliphatic carbocycles. The fourth-order valence-electron chi connectivity index (χ4n) is 0.683. The van der Waals surface area contributed by atoms with Crippen molar-refractivity contribution >= 4 is 18.6 Å². The molecule has 0 saturated carbocycles. The van der Waals surface area contributed by atoms with Gasteiger partial charge in [0.2, 0.25) is 0 Å². The van der Waals surface area contributed by atoms with Crippen LogP contribution in [0.25, 0.3) is 0 Å². The Morgan fingerprint density at radius 1 is 1.78 bits per heavy atom. The standard InChI is InChI=1S/C5H10I3N/c1-5(8-6)2-3-9-4-7-5/h9H,2-4H2,1H3/q-2. The Balaban J connectivity index is 2.37. The van der Waals surface area contributed by atoms with Gasteiger partial charge in [0, 0.05) is 0 Å². The molecule has 0 bridgehead atoms. The molecule has 1 atom stereocenters. The van der Waals surface area contributed by atoms with E-state index in [4.69, 9.17) is 0 Å². The molecule has 0 amide bonds. The van der Waals surface area contributed by atoms with Gasteiger partial charge < -0.3 is 0 Å². The van der Waals surface area contributed by atoms with E-state index < -0.39 is 0 Å². The van der Waals surface area contributed by atoms with Gasteiger partial charge in [0.15, 0.2) is 0 Å². The Bertz CT molecular complexity index is 90.2. The summed E-state index contributed by atoms with van der Waals surface area (Å²) in [6.45, 7) is 3.76. The normalized spacial score (nSPS) is 38.0. The second-order valence-electron chi connectivity index (χ2n) is 2.16. The van der Waals surface area contributed by atoms with Crippen LogP contribution in [-0.2, 0) is 0 Å². The van der Waals surface area contributed by atoms with Crippen molar-refractivity contribution in [3.63, 3.8) is 0 Å². The summed E-state index contributed by atoms with van der Waals surface area (Å²) in [6, 6.07) is 0. The van der Waals surface area contributed by atoms with Crippen molar-refractivity contribution in [2.75, 3.05) is 11.1 Å². The topological polar surface area (TPSA) is 12.0 Å². The molecular weight excluding hydrogens is 455 g/mol. The second kappa shape index (κ2) is 4.24. The third-order valence-electron chi connectivity index (χ3n) is 1.33. The van der Waals surface area contributed by atoms with Crippen molar-refractivity contribution in [2.45, 2.75) is 14.8 Å². The summed E-state index contributed by atoms with van der Waals surface area (Å²) in [5.41, 5.74) is 0. The second-order valence-corrected chi connectivity index (χ2v) is 13.7. The molecule has 1 aliphatic rings. The van der Waals surface area contributed by atoms with Gasteiger partial charge in [-0.25, -0.2) is 0 Å². The van der Waals surface area contributed by atoms with Gasteiger partial charge in [-0.1, -0.05) is 0 Å². The molecule has 0 aromatic rings. The fraction of sp³-hybridized carbons (Fsp3) is 1.00. The Labute approximate surface area is 86.8 Å². The van der Waals surface area contributed by atoms with Gasteiger partial charge in [-0.15, -0.1) is 0 Å². The van der Waals surface area contributed by atoms with Crippen molar-refractivity contribution in [3.05, 3.63) is 0 Å². The van der Waals surface area contributed by atoms with Crippen molar-refractivity contribution < 1.29 is 38.4 Å². The molecule has 4 heteroatoms. The zero-order valence-electron chi connectivity index (χ0n) is 5.26. The molecule has 0 spiro atoms. The first kappa shape index (κ1) is 9.24. The van der Waals surface area contributed by atoms with Gasteiger partial charge in [0.25, 0.3) is 0 Å². The van der Waals surface area contributed by atoms with Crippen LogP contribution >= 0.6 is 18.6 Å². The maximum absolute atomic E-state index is 3.44. The number of hydrogen-bond acceptors (Lipinski definition) is 1. The summed E-state index contributed by atoms with van der Waals surface area (Å²) in [7, 11) is 0. The first-order valence-corrected chi connectivity index (χ1v) is 12.8. The van der Waals surface area contributed by atoms with E-state index in [1.54, 1.807) is 0 Å². The van der Waals surface area contributed by atoms with E-state index in [0.29, 0.717) is 38.4 Å². The van der Waals surface area contributed by atoms with Crippen LogP contribution in [0.1, 0.15) is 13.3 Å². The summed E-state index contributed by atoms with van der Waals surface area (Å²) in [4.78, 5) is 0. The van der Waals surface area contributed by atoms with E-state index >= 15 is 0 Å². The monoisotopic (exact) mass is 465 g/mol. The number of hydrogen-bond donors (Lipinski definition) is 1. The SMILES string of the molecule is CC1([I-]I)CCNC[I-]1. The summed E-state index contributed by atoms with van der Waals surface area (Å²) in [6.07, 6.45) is 1.45. The van der Waals surface area contributed by atoms with Crippen LogP contribution in [0.2, 0.25) is 0 Å². The van der Waals surface area contributed by atoms with E-state index in [2.05, 4.69) is 30.9 Å². The molecular formula is C5H10I3N-2. The molecule has 1 aliphatic heterocycles. The van der Waals surface area contributed by atoms with E-state index in [9.17, 15) is 0 Å². The molecule has 58 valence electrons. The number of alkyl halides is 3. The fourth-order valence-corrected chi connectivity index (χ4v) is 11.3. The Hall–Kier alpha value is 2.15. The summed E-state index contributed by atoms with van der Waals surface area (Å²) in [5, 5.41) is 3.44. The molecule has 9 heavy (non-hydrogen) atoms. The Morgan fingerprint density at radius 2 is 2.56 bits per heavy atom. The van der Waals surface area contributed by atoms with E-state index in [1.807, 2.05) is 0 Å². The molecule has 1 saturated heterocycles. The van der Waals surface area contributed by atoms with Gasteiger partial charge in [-0.2, -0.15) is 0 Å². The molecule has 1 N–H and O–H groups in total. The Morgan fingerprint density at radius 3 is 2.89 bits per heavy atom. The van der Waals surface area contributed by atoms with Crippen LogP contribution in [0.5, 0.6) is 0 Å². The van der Waals surface area contributed by atoms with Crippen LogP contribution in [0.3, 0.4) is 0 Å². The number of nitrogens with one attached hydrogen (secondary N) is 1. The molecule has 0 radical (unpaired) electrons. The zero-order chi connectivity index (χ0) is 6.74. The quantitative estimate of drug-likeness (QED) is 0.233. The predicted octanol–water partition coefficient (Wildman–Crippen LogP) is -4.82. The maximum atomic E-state index is 3.44. The van der Waals surface area contributed by atoms with E-state index in [1.165, 1.54) is 17.5 Å². The third kappa shape index (κ3) is 2.94. The van der Waals surface area contributed by atoms with Gasteiger partial charge in [0.05, 0.1) is 0 Å². The molecule has 1 heterocycles. The Kier molecular flexibility index (Phi) is 4.36. The van der Waals surface area contributed by atoms with Gasteiger partial charge in [-0.05, 0) is 0 Å². The average Bonchev–Trinajstić information content (AvgIpc) is 1.90. The van der Waals surface area contributed by atoms with Crippen LogP contribution in [0.4, 0.5) is 0 Å². The summed E-state index contributed by atoms with van der Waals surface area (Å²) >= 11 is 3.61. The summed E-state index contributed by atoms with van der Waals surface area (Å²) < 4.78 is 2.22. The van der Waals surface area contributed by atoms with Crippen LogP contribution in [0, 0.1) is 0 Å². The third-order valence-corrected chi connectivity index (χ3v) is 20.3.